The molecule has 0 N–H and O–H groups in total. The molecule has 2 aromatic rings. The van der Waals surface area contributed by atoms with Crippen molar-refractivity contribution >= 4 is 5.91 Å². The van der Waals surface area contributed by atoms with E-state index in [0.29, 0.717) is 39.0 Å². The van der Waals surface area contributed by atoms with Crippen molar-refractivity contribution in [3.05, 3.63) is 45.9 Å². The van der Waals surface area contributed by atoms with Gasteiger partial charge in [-0.25, -0.2) is 0 Å². The molecule has 1 saturated heterocycles. The fourth-order valence-corrected chi connectivity index (χ4v) is 3.89. The first-order valence-corrected chi connectivity index (χ1v) is 9.61. The maximum absolute atomic E-state index is 12.7. The van der Waals surface area contributed by atoms with Crippen LogP contribution < -0.4 is 5.56 Å². The van der Waals surface area contributed by atoms with Gasteiger partial charge in [0.25, 0.3) is 5.56 Å². The summed E-state index contributed by atoms with van der Waals surface area (Å²) in [4.78, 5) is 26.5. The Morgan fingerprint density at radius 1 is 1.26 bits per heavy atom. The van der Waals surface area contributed by atoms with Crippen molar-refractivity contribution in [1.82, 2.24) is 24.2 Å². The van der Waals surface area contributed by atoms with Gasteiger partial charge in [-0.2, -0.15) is 0 Å². The zero-order chi connectivity index (χ0) is 18.8. The molecular formula is C19H25N5O3. The molecule has 4 rings (SSSR count). The Bertz CT molecular complexity index is 882. The van der Waals surface area contributed by atoms with Gasteiger partial charge in [0.2, 0.25) is 5.91 Å². The quantitative estimate of drug-likeness (QED) is 0.803. The standard InChI is InChI=1S/C19H25N5O3/c1-14-4-2-6-18(26)23(14)10-8-17(25)22-9-7-16-20-21-19(24(16)12-11-22)15-5-3-13-27-15/h2,4,6,15H,3,5,7-13H2,1H3/t15-/m1/s1. The Labute approximate surface area is 157 Å². The van der Waals surface area contributed by atoms with E-state index in [-0.39, 0.29) is 17.6 Å². The number of ether oxygens (including phenoxy) is 1. The fraction of sp³-hybridized carbons (Fsp3) is 0.579. The largest absolute Gasteiger partial charge is 0.370 e. The lowest BCUT2D eigenvalue weighted by molar-refractivity contribution is -0.131. The maximum atomic E-state index is 12.7. The SMILES string of the molecule is Cc1cccc(=O)n1CCC(=O)N1CCc2nnc([C@H]3CCCO3)n2CC1. The highest BCUT2D eigenvalue weighted by atomic mass is 16.5. The van der Waals surface area contributed by atoms with Crippen LogP contribution >= 0.6 is 0 Å². The third-order valence-corrected chi connectivity index (χ3v) is 5.44. The number of hydrogen-bond acceptors (Lipinski definition) is 5. The van der Waals surface area contributed by atoms with Crippen LogP contribution in [0.2, 0.25) is 0 Å². The summed E-state index contributed by atoms with van der Waals surface area (Å²) in [7, 11) is 0. The lowest BCUT2D eigenvalue weighted by Crippen LogP contribution is -2.35. The van der Waals surface area contributed by atoms with Crippen molar-refractivity contribution in [2.75, 3.05) is 19.7 Å². The van der Waals surface area contributed by atoms with E-state index in [1.165, 1.54) is 6.07 Å². The first-order valence-electron chi connectivity index (χ1n) is 9.61. The van der Waals surface area contributed by atoms with E-state index >= 15 is 0 Å². The number of carbonyl (C=O) groups excluding carboxylic acids is 1. The minimum atomic E-state index is -0.0638. The van der Waals surface area contributed by atoms with Gasteiger partial charge in [0.05, 0.1) is 0 Å². The molecular weight excluding hydrogens is 346 g/mol. The summed E-state index contributed by atoms with van der Waals surface area (Å²) in [6.07, 6.45) is 3.07. The third kappa shape index (κ3) is 3.66. The zero-order valence-corrected chi connectivity index (χ0v) is 15.6. The average Bonchev–Trinajstić information content (AvgIpc) is 3.26. The summed E-state index contributed by atoms with van der Waals surface area (Å²) in [5, 5.41) is 8.65. The van der Waals surface area contributed by atoms with Gasteiger partial charge in [0.15, 0.2) is 5.82 Å². The molecule has 2 aliphatic heterocycles. The van der Waals surface area contributed by atoms with Crippen LogP contribution in [0, 0.1) is 6.92 Å². The summed E-state index contributed by atoms with van der Waals surface area (Å²) in [5.74, 6) is 1.89. The highest BCUT2D eigenvalue weighted by Crippen LogP contribution is 2.28. The van der Waals surface area contributed by atoms with Crippen LogP contribution in [0.15, 0.2) is 23.0 Å². The monoisotopic (exact) mass is 371 g/mol. The fourth-order valence-electron chi connectivity index (χ4n) is 3.89. The summed E-state index contributed by atoms with van der Waals surface area (Å²) in [6, 6.07) is 5.16. The van der Waals surface area contributed by atoms with Gasteiger partial charge in [-0.1, -0.05) is 6.07 Å². The van der Waals surface area contributed by atoms with E-state index in [9.17, 15) is 9.59 Å². The smallest absolute Gasteiger partial charge is 0.250 e. The summed E-state index contributed by atoms with van der Waals surface area (Å²) in [5.41, 5.74) is 0.810. The van der Waals surface area contributed by atoms with E-state index < -0.39 is 0 Å². The van der Waals surface area contributed by atoms with Crippen molar-refractivity contribution in [2.45, 2.75) is 51.8 Å². The minimum absolute atomic E-state index is 0.0291. The number of carbonyl (C=O) groups is 1. The summed E-state index contributed by atoms with van der Waals surface area (Å²) < 4.78 is 9.53. The normalized spacial score (nSPS) is 19.7. The Balaban J connectivity index is 1.39. The number of rotatable bonds is 4. The molecule has 1 fully saturated rings. The molecule has 1 amide bonds. The van der Waals surface area contributed by atoms with Crippen LogP contribution in [0.1, 0.15) is 42.7 Å². The lowest BCUT2D eigenvalue weighted by atomic mass is 10.2. The number of hydrogen-bond donors (Lipinski definition) is 0. The Morgan fingerprint density at radius 3 is 2.93 bits per heavy atom. The second kappa shape index (κ2) is 7.64. The zero-order valence-electron chi connectivity index (χ0n) is 15.6. The molecule has 8 heteroatoms. The number of amides is 1. The van der Waals surface area contributed by atoms with Crippen LogP contribution in [0.3, 0.4) is 0 Å². The van der Waals surface area contributed by atoms with E-state index in [2.05, 4.69) is 14.8 Å². The van der Waals surface area contributed by atoms with Gasteiger partial charge in [-0.05, 0) is 25.8 Å². The van der Waals surface area contributed by atoms with E-state index in [0.717, 1.165) is 36.8 Å². The molecule has 144 valence electrons. The van der Waals surface area contributed by atoms with E-state index in [4.69, 9.17) is 4.74 Å². The molecule has 0 aromatic carbocycles. The molecule has 0 bridgehead atoms. The summed E-state index contributed by atoms with van der Waals surface area (Å²) >= 11 is 0. The van der Waals surface area contributed by atoms with Crippen LogP contribution in [-0.2, 0) is 29.0 Å². The number of aryl methyl sites for hydroxylation is 1. The van der Waals surface area contributed by atoms with E-state index in [1.54, 1.807) is 10.6 Å². The third-order valence-electron chi connectivity index (χ3n) is 5.44. The lowest BCUT2D eigenvalue weighted by Gasteiger charge is -2.21. The van der Waals surface area contributed by atoms with Gasteiger partial charge >= 0.3 is 0 Å². The molecule has 0 radical (unpaired) electrons. The van der Waals surface area contributed by atoms with Gasteiger partial charge < -0.3 is 18.8 Å². The van der Waals surface area contributed by atoms with Crippen LogP contribution in [0.25, 0.3) is 0 Å². The minimum Gasteiger partial charge on any atom is -0.370 e. The number of nitrogens with zero attached hydrogens (tertiary/aromatic N) is 5. The first kappa shape index (κ1) is 17.9. The number of pyridine rings is 1. The number of aromatic nitrogens is 4. The van der Waals surface area contributed by atoms with Crippen molar-refractivity contribution in [3.8, 4) is 0 Å². The molecule has 0 unspecified atom stereocenters. The molecule has 2 aliphatic rings. The molecule has 0 aliphatic carbocycles. The predicted molar refractivity (Wildman–Crippen MR) is 98.3 cm³/mol. The van der Waals surface area contributed by atoms with Crippen molar-refractivity contribution < 1.29 is 9.53 Å². The van der Waals surface area contributed by atoms with Crippen LogP contribution in [0.4, 0.5) is 0 Å². The molecule has 0 spiro atoms. The summed E-state index contributed by atoms with van der Waals surface area (Å²) in [6.45, 7) is 5.02. The highest BCUT2D eigenvalue weighted by molar-refractivity contribution is 5.76. The molecule has 8 nitrogen and oxygen atoms in total. The number of fused-ring (bicyclic) bond motifs is 1. The second-order valence-corrected chi connectivity index (χ2v) is 7.17. The van der Waals surface area contributed by atoms with Gasteiger partial charge in [0.1, 0.15) is 11.9 Å². The molecule has 1 atom stereocenters. The van der Waals surface area contributed by atoms with Crippen LogP contribution in [0.5, 0.6) is 0 Å². The van der Waals surface area contributed by atoms with Crippen molar-refractivity contribution in [1.29, 1.82) is 0 Å². The molecule has 2 aromatic heterocycles. The highest BCUT2D eigenvalue weighted by Gasteiger charge is 2.27. The molecule has 27 heavy (non-hydrogen) atoms. The molecule has 4 heterocycles. The van der Waals surface area contributed by atoms with Gasteiger partial charge in [-0.3, -0.25) is 9.59 Å². The van der Waals surface area contributed by atoms with E-state index in [1.807, 2.05) is 17.9 Å². The Morgan fingerprint density at radius 2 is 2.15 bits per heavy atom. The Hall–Kier alpha value is -2.48. The Kier molecular flexibility index (Phi) is 5.07. The maximum Gasteiger partial charge on any atom is 0.250 e. The topological polar surface area (TPSA) is 82.2 Å². The van der Waals surface area contributed by atoms with Crippen molar-refractivity contribution in [3.63, 3.8) is 0 Å². The van der Waals surface area contributed by atoms with Crippen molar-refractivity contribution in [2.24, 2.45) is 0 Å². The van der Waals surface area contributed by atoms with Gasteiger partial charge in [-0.15, -0.1) is 10.2 Å². The average molecular weight is 371 g/mol. The molecule has 0 saturated carbocycles. The van der Waals surface area contributed by atoms with Crippen LogP contribution in [-0.4, -0.2) is 49.8 Å². The first-order chi connectivity index (χ1) is 13.1. The second-order valence-electron chi connectivity index (χ2n) is 7.17. The van der Waals surface area contributed by atoms with Gasteiger partial charge in [0, 0.05) is 57.4 Å². The predicted octanol–water partition coefficient (Wildman–Crippen LogP) is 1.07.